The smallest absolute Gasteiger partial charge is 0.329 e. The van der Waals surface area contributed by atoms with Crippen LogP contribution in [0.25, 0.3) is 0 Å². The second-order valence-corrected chi connectivity index (χ2v) is 6.02. The Bertz CT molecular complexity index is 401. The van der Waals surface area contributed by atoms with Gasteiger partial charge in [-0.1, -0.05) is 39.5 Å². The predicted octanol–water partition coefficient (Wildman–Crippen LogP) is 0.973. The molecule has 0 aliphatic heterocycles. The Morgan fingerprint density at radius 3 is 2.00 bits per heavy atom. The number of aliphatic carboxylic acids is 1. The molecular weight excluding hydrogens is 274 g/mol. The molecule has 1 unspecified atom stereocenters. The number of amides is 3. The van der Waals surface area contributed by atoms with Gasteiger partial charge in [-0.25, -0.2) is 9.59 Å². The first-order valence-electron chi connectivity index (χ1n) is 7.40. The molecule has 7 nitrogen and oxygen atoms in total. The van der Waals surface area contributed by atoms with Crippen LogP contribution in [0.4, 0.5) is 4.79 Å². The minimum absolute atomic E-state index is 0.164. The summed E-state index contributed by atoms with van der Waals surface area (Å²) in [6, 6.07) is -1.47. The maximum atomic E-state index is 12.1. The summed E-state index contributed by atoms with van der Waals surface area (Å²) in [5, 5.41) is 14.5. The van der Waals surface area contributed by atoms with Crippen molar-refractivity contribution in [3.63, 3.8) is 0 Å². The number of hydrogen-bond donors (Lipinski definition) is 4. The topological polar surface area (TPSA) is 122 Å². The van der Waals surface area contributed by atoms with Crippen molar-refractivity contribution < 1.29 is 19.5 Å². The number of carbonyl (C=O) groups is 3. The van der Waals surface area contributed by atoms with Gasteiger partial charge in [0.2, 0.25) is 5.91 Å². The van der Waals surface area contributed by atoms with E-state index in [2.05, 4.69) is 10.6 Å². The van der Waals surface area contributed by atoms with Crippen LogP contribution in [0.15, 0.2) is 0 Å². The number of nitrogens with one attached hydrogen (secondary N) is 2. The highest BCUT2D eigenvalue weighted by molar-refractivity contribution is 5.89. The number of nitrogens with two attached hydrogens (primary N) is 1. The normalized spacial score (nSPS) is 19.4. The van der Waals surface area contributed by atoms with Crippen LogP contribution in [0.1, 0.15) is 52.4 Å². The molecule has 1 aliphatic rings. The number of urea groups is 1. The fourth-order valence-electron chi connectivity index (χ4n) is 2.69. The quantitative estimate of drug-likeness (QED) is 0.565. The molecule has 21 heavy (non-hydrogen) atoms. The van der Waals surface area contributed by atoms with Crippen molar-refractivity contribution in [1.82, 2.24) is 10.6 Å². The van der Waals surface area contributed by atoms with E-state index in [0.29, 0.717) is 12.8 Å². The molecule has 1 aliphatic carbocycles. The Morgan fingerprint density at radius 1 is 1.10 bits per heavy atom. The largest absolute Gasteiger partial charge is 0.480 e. The van der Waals surface area contributed by atoms with E-state index in [9.17, 15) is 19.5 Å². The van der Waals surface area contributed by atoms with Crippen LogP contribution >= 0.6 is 0 Å². The van der Waals surface area contributed by atoms with Gasteiger partial charge in [-0.3, -0.25) is 4.79 Å². The first kappa shape index (κ1) is 17.3. The van der Waals surface area contributed by atoms with Crippen LogP contribution in [0.5, 0.6) is 0 Å². The van der Waals surface area contributed by atoms with Crippen molar-refractivity contribution in [2.75, 3.05) is 0 Å². The van der Waals surface area contributed by atoms with Crippen LogP contribution in [0, 0.1) is 5.92 Å². The first-order chi connectivity index (χ1) is 9.78. The van der Waals surface area contributed by atoms with Gasteiger partial charge in [-0.05, 0) is 18.8 Å². The molecule has 0 aromatic heterocycles. The minimum Gasteiger partial charge on any atom is -0.480 e. The lowest BCUT2D eigenvalue weighted by molar-refractivity contribution is -0.145. The van der Waals surface area contributed by atoms with Gasteiger partial charge in [-0.2, -0.15) is 0 Å². The summed E-state index contributed by atoms with van der Waals surface area (Å²) in [7, 11) is 0. The highest BCUT2D eigenvalue weighted by atomic mass is 16.4. The van der Waals surface area contributed by atoms with E-state index in [-0.39, 0.29) is 5.92 Å². The van der Waals surface area contributed by atoms with Crippen LogP contribution in [0.2, 0.25) is 0 Å². The number of primary amides is 1. The van der Waals surface area contributed by atoms with Crippen LogP contribution in [0.3, 0.4) is 0 Å². The van der Waals surface area contributed by atoms with Gasteiger partial charge in [0.25, 0.3) is 0 Å². The fourth-order valence-corrected chi connectivity index (χ4v) is 2.69. The lowest BCUT2D eigenvalue weighted by Gasteiger charge is -2.30. The summed E-state index contributed by atoms with van der Waals surface area (Å²) >= 11 is 0. The molecule has 0 aromatic rings. The minimum atomic E-state index is -1.25. The highest BCUT2D eigenvalue weighted by Crippen LogP contribution is 2.27. The molecule has 5 N–H and O–H groups in total. The fraction of sp³-hybridized carbons (Fsp3) is 0.786. The average molecular weight is 299 g/mol. The highest BCUT2D eigenvalue weighted by Gasteiger charge is 2.40. The molecule has 0 aromatic carbocycles. The number of carboxylic acids is 1. The number of hydrogen-bond acceptors (Lipinski definition) is 3. The number of carbonyl (C=O) groups excluding carboxylic acids is 2. The summed E-state index contributed by atoms with van der Waals surface area (Å²) in [5.41, 5.74) is 3.99. The van der Waals surface area contributed by atoms with Gasteiger partial charge >= 0.3 is 12.0 Å². The van der Waals surface area contributed by atoms with Crippen LogP contribution < -0.4 is 16.4 Å². The van der Waals surface area contributed by atoms with E-state index < -0.39 is 29.5 Å². The van der Waals surface area contributed by atoms with Crippen LogP contribution in [-0.2, 0) is 9.59 Å². The Labute approximate surface area is 124 Å². The molecule has 0 radical (unpaired) electrons. The molecule has 1 rings (SSSR count). The van der Waals surface area contributed by atoms with Gasteiger partial charge in [0.05, 0.1) is 0 Å². The summed E-state index contributed by atoms with van der Waals surface area (Å²) < 4.78 is 0. The Hall–Kier alpha value is -1.79. The lowest BCUT2D eigenvalue weighted by Crippen LogP contribution is -2.60. The van der Waals surface area contributed by atoms with Crippen molar-refractivity contribution in [3.8, 4) is 0 Å². The van der Waals surface area contributed by atoms with E-state index in [0.717, 1.165) is 25.7 Å². The summed E-state index contributed by atoms with van der Waals surface area (Å²) in [6.07, 6.45) is 4.26. The van der Waals surface area contributed by atoms with Crippen molar-refractivity contribution in [2.45, 2.75) is 64.0 Å². The molecule has 0 bridgehead atoms. The number of rotatable bonds is 5. The molecule has 0 spiro atoms. The molecule has 7 heteroatoms. The lowest BCUT2D eigenvalue weighted by atomic mass is 9.90. The third-order valence-corrected chi connectivity index (χ3v) is 3.98. The van der Waals surface area contributed by atoms with Gasteiger partial charge in [0.1, 0.15) is 11.6 Å². The van der Waals surface area contributed by atoms with Crippen molar-refractivity contribution in [2.24, 2.45) is 11.7 Å². The Balaban J connectivity index is 2.77. The van der Waals surface area contributed by atoms with Crippen molar-refractivity contribution in [3.05, 3.63) is 0 Å². The van der Waals surface area contributed by atoms with Crippen molar-refractivity contribution >= 4 is 17.9 Å². The average Bonchev–Trinajstić information content (AvgIpc) is 2.61. The Kier molecular flexibility index (Phi) is 5.99. The van der Waals surface area contributed by atoms with Gasteiger partial charge in [0.15, 0.2) is 0 Å². The van der Waals surface area contributed by atoms with E-state index in [1.165, 1.54) is 0 Å². The van der Waals surface area contributed by atoms with Gasteiger partial charge in [-0.15, -0.1) is 0 Å². The molecule has 1 saturated carbocycles. The van der Waals surface area contributed by atoms with E-state index >= 15 is 0 Å². The van der Waals surface area contributed by atoms with Crippen molar-refractivity contribution in [1.29, 1.82) is 0 Å². The van der Waals surface area contributed by atoms with Gasteiger partial charge in [0, 0.05) is 0 Å². The zero-order valence-electron chi connectivity index (χ0n) is 12.6. The zero-order chi connectivity index (χ0) is 16.0. The second kappa shape index (κ2) is 7.28. The third kappa shape index (κ3) is 4.61. The first-order valence-corrected chi connectivity index (χ1v) is 7.40. The SMILES string of the molecule is CC(C)C(NC(=O)NC1(C(=O)O)CCCCCC1)C(N)=O. The summed E-state index contributed by atoms with van der Waals surface area (Å²) in [6.45, 7) is 3.52. The summed E-state index contributed by atoms with van der Waals surface area (Å²) in [5.74, 6) is -1.83. The van der Waals surface area contributed by atoms with E-state index in [1.54, 1.807) is 13.8 Å². The van der Waals surface area contributed by atoms with E-state index in [1.807, 2.05) is 0 Å². The number of carboxylic acid groups (broad SMARTS) is 1. The maximum Gasteiger partial charge on any atom is 0.329 e. The molecule has 1 atom stereocenters. The second-order valence-electron chi connectivity index (χ2n) is 6.02. The molecule has 0 heterocycles. The monoisotopic (exact) mass is 299 g/mol. The molecular formula is C14H25N3O4. The van der Waals surface area contributed by atoms with Gasteiger partial charge < -0.3 is 21.5 Å². The molecule has 0 saturated heterocycles. The summed E-state index contributed by atoms with van der Waals surface area (Å²) in [4.78, 5) is 34.9. The standard InChI is InChI=1S/C14H25N3O4/c1-9(2)10(11(15)18)16-13(21)17-14(12(19)20)7-5-3-4-6-8-14/h9-10H,3-8H2,1-2H3,(H2,15,18)(H,19,20)(H2,16,17,21). The Morgan fingerprint density at radius 2 is 1.62 bits per heavy atom. The third-order valence-electron chi connectivity index (χ3n) is 3.98. The molecule has 1 fully saturated rings. The zero-order valence-corrected chi connectivity index (χ0v) is 12.6. The maximum absolute atomic E-state index is 12.1. The predicted molar refractivity (Wildman–Crippen MR) is 77.6 cm³/mol. The van der Waals surface area contributed by atoms with E-state index in [4.69, 9.17) is 5.73 Å². The van der Waals surface area contributed by atoms with Crippen LogP contribution in [-0.4, -0.2) is 34.6 Å². The molecule has 3 amide bonds. The molecule has 120 valence electrons.